The number of piperidine rings is 1. The first-order valence-corrected chi connectivity index (χ1v) is 12.9. The van der Waals surface area contributed by atoms with Gasteiger partial charge in [-0.2, -0.15) is 0 Å². The van der Waals surface area contributed by atoms with E-state index in [-0.39, 0.29) is 12.2 Å². The van der Waals surface area contributed by atoms with Crippen LogP contribution >= 0.6 is 11.3 Å². The third kappa shape index (κ3) is 4.50. The Bertz CT molecular complexity index is 1440. The minimum absolute atomic E-state index is 0.207. The second-order valence-electron chi connectivity index (χ2n) is 9.06. The molecule has 35 heavy (non-hydrogen) atoms. The molecule has 0 N–H and O–H groups in total. The third-order valence-corrected chi connectivity index (χ3v) is 7.60. The number of esters is 1. The summed E-state index contributed by atoms with van der Waals surface area (Å²) in [4.78, 5) is 34.0. The van der Waals surface area contributed by atoms with Gasteiger partial charge in [-0.1, -0.05) is 48.6 Å². The van der Waals surface area contributed by atoms with Gasteiger partial charge in [0.05, 0.1) is 28.5 Å². The number of aromatic nitrogens is 1. The lowest BCUT2D eigenvalue weighted by molar-refractivity contribution is -0.139. The molecular weight excluding hydrogens is 462 g/mol. The number of hydrogen-bond donors (Lipinski definition) is 0. The normalized spacial score (nSPS) is 19.0. The molecule has 182 valence electrons. The molecule has 1 fully saturated rings. The summed E-state index contributed by atoms with van der Waals surface area (Å²) < 4.78 is 13.5. The molecule has 0 spiro atoms. The number of allylic oxidation sites excluding steroid dienone is 1. The number of ether oxygens (including phenoxy) is 1. The van der Waals surface area contributed by atoms with Crippen molar-refractivity contribution in [2.45, 2.75) is 39.7 Å². The van der Waals surface area contributed by atoms with E-state index in [4.69, 9.17) is 9.15 Å². The molecule has 0 radical (unpaired) electrons. The number of fused-ring (bicyclic) bond motifs is 1. The molecule has 2 aliphatic rings. The zero-order chi connectivity index (χ0) is 24.5. The summed E-state index contributed by atoms with van der Waals surface area (Å²) in [6.45, 7) is 8.04. The van der Waals surface area contributed by atoms with Crippen molar-refractivity contribution in [3.05, 3.63) is 84.7 Å². The number of furan rings is 1. The summed E-state index contributed by atoms with van der Waals surface area (Å²) in [5, 5.41) is 0. The van der Waals surface area contributed by atoms with E-state index < -0.39 is 12.0 Å². The van der Waals surface area contributed by atoms with Gasteiger partial charge in [0, 0.05) is 25.2 Å². The number of hydrogen-bond acceptors (Lipinski definition) is 7. The number of rotatable bonds is 5. The number of carbonyl (C=O) groups excluding carboxylic acids is 1. The quantitative estimate of drug-likeness (QED) is 0.510. The zero-order valence-electron chi connectivity index (χ0n) is 20.2. The molecule has 7 nitrogen and oxygen atoms in total. The van der Waals surface area contributed by atoms with Crippen molar-refractivity contribution in [2.75, 3.05) is 24.6 Å². The number of carbonyl (C=O) groups is 1. The molecule has 4 heterocycles. The van der Waals surface area contributed by atoms with Crippen molar-refractivity contribution in [3.8, 4) is 0 Å². The van der Waals surface area contributed by atoms with Gasteiger partial charge in [-0.05, 0) is 44.2 Å². The predicted molar refractivity (Wildman–Crippen MR) is 136 cm³/mol. The fourth-order valence-electron chi connectivity index (χ4n) is 4.69. The smallest absolute Gasteiger partial charge is 0.338 e. The summed E-state index contributed by atoms with van der Waals surface area (Å²) in [6.07, 6.45) is 4.07. The first kappa shape index (κ1) is 23.4. The molecule has 1 atom stereocenters. The average molecular weight is 492 g/mol. The van der Waals surface area contributed by atoms with Gasteiger partial charge in [0.1, 0.15) is 5.76 Å². The molecular formula is C27H29N3O4S. The average Bonchev–Trinajstić information content (AvgIpc) is 3.44. The van der Waals surface area contributed by atoms with Crippen LogP contribution in [0.3, 0.4) is 0 Å². The number of thiazole rings is 1. The SMILES string of the molecule is CCOC(=O)C1=C(C)N=c2s/c(=C/c3ccc(N4CCC(C)CC4)o3)c(=O)n2[C@@H]1c1ccccc1. The summed E-state index contributed by atoms with van der Waals surface area (Å²) in [7, 11) is 0. The van der Waals surface area contributed by atoms with E-state index in [2.05, 4.69) is 16.8 Å². The monoisotopic (exact) mass is 491 g/mol. The highest BCUT2D eigenvalue weighted by Crippen LogP contribution is 2.30. The van der Waals surface area contributed by atoms with Gasteiger partial charge in [-0.3, -0.25) is 9.36 Å². The Morgan fingerprint density at radius 3 is 2.66 bits per heavy atom. The number of anilines is 1. The molecule has 0 amide bonds. The molecule has 0 saturated carbocycles. The maximum absolute atomic E-state index is 13.6. The summed E-state index contributed by atoms with van der Waals surface area (Å²) >= 11 is 1.30. The van der Waals surface area contributed by atoms with Gasteiger partial charge < -0.3 is 14.1 Å². The topological polar surface area (TPSA) is 77.0 Å². The Labute approximate surface area is 207 Å². The first-order valence-electron chi connectivity index (χ1n) is 12.1. The van der Waals surface area contributed by atoms with Gasteiger partial charge >= 0.3 is 5.97 Å². The Morgan fingerprint density at radius 2 is 1.94 bits per heavy atom. The third-order valence-electron chi connectivity index (χ3n) is 6.61. The van der Waals surface area contributed by atoms with Crippen LogP contribution in [-0.2, 0) is 9.53 Å². The van der Waals surface area contributed by atoms with Crippen molar-refractivity contribution >= 4 is 29.3 Å². The lowest BCUT2D eigenvalue weighted by Crippen LogP contribution is -2.39. The maximum Gasteiger partial charge on any atom is 0.338 e. The van der Waals surface area contributed by atoms with Crippen LogP contribution in [0.4, 0.5) is 5.88 Å². The Balaban J connectivity index is 1.57. The molecule has 2 aromatic heterocycles. The molecule has 8 heteroatoms. The van der Waals surface area contributed by atoms with E-state index in [0.717, 1.165) is 43.3 Å². The van der Waals surface area contributed by atoms with E-state index in [1.54, 1.807) is 24.5 Å². The summed E-state index contributed by atoms with van der Waals surface area (Å²) in [6, 6.07) is 12.8. The Morgan fingerprint density at radius 1 is 1.20 bits per heavy atom. The molecule has 1 saturated heterocycles. The molecule has 0 bridgehead atoms. The highest BCUT2D eigenvalue weighted by Gasteiger charge is 2.33. The van der Waals surface area contributed by atoms with Crippen LogP contribution < -0.4 is 19.8 Å². The van der Waals surface area contributed by atoms with E-state index >= 15 is 0 Å². The number of benzene rings is 1. The maximum atomic E-state index is 13.6. The second-order valence-corrected chi connectivity index (χ2v) is 10.1. The molecule has 3 aromatic rings. The van der Waals surface area contributed by atoms with Crippen LogP contribution in [-0.4, -0.2) is 30.2 Å². The van der Waals surface area contributed by atoms with Gasteiger partial charge in [0.15, 0.2) is 10.7 Å². The Hall–Kier alpha value is -3.39. The van der Waals surface area contributed by atoms with Gasteiger partial charge in [0.2, 0.25) is 0 Å². The molecule has 0 unspecified atom stereocenters. The standard InChI is InChI=1S/C27H29N3O4S/c1-4-33-26(32)23-18(3)28-27-30(24(23)19-8-6-5-7-9-19)25(31)21(35-27)16-20-10-11-22(34-20)29-14-12-17(2)13-15-29/h5-11,16-17,24H,4,12-15H2,1-3H3/b21-16+/t24-/m1/s1. The van der Waals surface area contributed by atoms with Gasteiger partial charge in [-0.25, -0.2) is 9.79 Å². The zero-order valence-corrected chi connectivity index (χ0v) is 21.0. The van der Waals surface area contributed by atoms with Crippen LogP contribution in [0.25, 0.3) is 6.08 Å². The van der Waals surface area contributed by atoms with Crippen molar-refractivity contribution in [1.82, 2.24) is 4.57 Å². The van der Waals surface area contributed by atoms with E-state index in [1.165, 1.54) is 11.3 Å². The minimum Gasteiger partial charge on any atom is -0.463 e. The van der Waals surface area contributed by atoms with Crippen LogP contribution in [0.15, 0.2) is 67.9 Å². The van der Waals surface area contributed by atoms with E-state index in [0.29, 0.717) is 26.4 Å². The minimum atomic E-state index is -0.601. The lowest BCUT2D eigenvalue weighted by Gasteiger charge is -2.29. The Kier molecular flexibility index (Phi) is 6.47. The molecule has 2 aliphatic heterocycles. The lowest BCUT2D eigenvalue weighted by atomic mass is 9.96. The first-order chi connectivity index (χ1) is 17.0. The van der Waals surface area contributed by atoms with Crippen LogP contribution in [0, 0.1) is 5.92 Å². The van der Waals surface area contributed by atoms with E-state index in [1.807, 2.05) is 42.5 Å². The molecule has 5 rings (SSSR count). The highest BCUT2D eigenvalue weighted by molar-refractivity contribution is 7.07. The fraction of sp³-hybridized carbons (Fsp3) is 0.370. The van der Waals surface area contributed by atoms with Crippen LogP contribution in [0.2, 0.25) is 0 Å². The fourth-order valence-corrected chi connectivity index (χ4v) is 5.72. The van der Waals surface area contributed by atoms with Crippen molar-refractivity contribution in [1.29, 1.82) is 0 Å². The summed E-state index contributed by atoms with van der Waals surface area (Å²) in [5.41, 5.74) is 1.57. The highest BCUT2D eigenvalue weighted by atomic mass is 32.1. The second kappa shape index (κ2) is 9.70. The predicted octanol–water partition coefficient (Wildman–Crippen LogP) is 3.63. The van der Waals surface area contributed by atoms with Gasteiger partial charge in [0.25, 0.3) is 5.56 Å². The van der Waals surface area contributed by atoms with Crippen LogP contribution in [0.5, 0.6) is 0 Å². The van der Waals surface area contributed by atoms with Crippen LogP contribution in [0.1, 0.15) is 51.0 Å². The van der Waals surface area contributed by atoms with Gasteiger partial charge in [-0.15, -0.1) is 0 Å². The molecule has 0 aliphatic carbocycles. The van der Waals surface area contributed by atoms with Crippen molar-refractivity contribution in [3.63, 3.8) is 0 Å². The largest absolute Gasteiger partial charge is 0.463 e. The van der Waals surface area contributed by atoms with Crippen molar-refractivity contribution < 1.29 is 13.9 Å². The summed E-state index contributed by atoms with van der Waals surface area (Å²) in [5.74, 6) is 1.74. The van der Waals surface area contributed by atoms with Crippen molar-refractivity contribution in [2.24, 2.45) is 10.9 Å². The molecule has 1 aromatic carbocycles. The number of nitrogens with zero attached hydrogens (tertiary/aromatic N) is 3. The van der Waals surface area contributed by atoms with E-state index in [9.17, 15) is 9.59 Å².